The van der Waals surface area contributed by atoms with Gasteiger partial charge in [-0.05, 0) is 42.5 Å². The minimum absolute atomic E-state index is 0.0497. The van der Waals surface area contributed by atoms with Crippen LogP contribution in [0.4, 0.5) is 18.9 Å². The normalized spacial score (nSPS) is 11.4. The molecule has 0 aliphatic carbocycles. The number of alkyl halides is 3. The van der Waals surface area contributed by atoms with Gasteiger partial charge in [-0.3, -0.25) is 4.79 Å². The van der Waals surface area contributed by atoms with Crippen molar-refractivity contribution in [1.29, 1.82) is 0 Å². The summed E-state index contributed by atoms with van der Waals surface area (Å²) in [5.41, 5.74) is -0.408. The van der Waals surface area contributed by atoms with Crippen LogP contribution in [-0.2, 0) is 13.2 Å². The lowest BCUT2D eigenvalue weighted by Crippen LogP contribution is -2.13. The Balaban J connectivity index is 1.69. The van der Waals surface area contributed by atoms with Gasteiger partial charge in [-0.15, -0.1) is 0 Å². The van der Waals surface area contributed by atoms with Crippen molar-refractivity contribution in [3.63, 3.8) is 0 Å². The van der Waals surface area contributed by atoms with Crippen LogP contribution in [0.3, 0.4) is 0 Å². The molecule has 1 N–H and O–H groups in total. The van der Waals surface area contributed by atoms with E-state index in [0.29, 0.717) is 5.69 Å². The summed E-state index contributed by atoms with van der Waals surface area (Å²) in [4.78, 5) is 17.3. The number of rotatable bonds is 4. The van der Waals surface area contributed by atoms with Gasteiger partial charge in [-0.1, -0.05) is 17.8 Å². The summed E-state index contributed by atoms with van der Waals surface area (Å²) < 4.78 is 40.1. The maximum absolute atomic E-state index is 12.7. The summed E-state index contributed by atoms with van der Waals surface area (Å²) in [6.07, 6.45) is -0.946. The maximum atomic E-state index is 12.7. The van der Waals surface area contributed by atoms with Crippen LogP contribution in [0, 0.1) is 0 Å². The fourth-order valence-corrected chi connectivity index (χ4v) is 3.00. The molecule has 0 spiro atoms. The first-order valence-electron chi connectivity index (χ1n) is 7.57. The van der Waals surface area contributed by atoms with Crippen molar-refractivity contribution in [2.75, 3.05) is 5.32 Å². The highest BCUT2D eigenvalue weighted by Gasteiger charge is 2.30. The number of nitrogens with one attached hydrogen (secondary N) is 1. The standard InChI is InChI=1S/C18H14F3N3OS/c1-24-10-9-22-17(24)26-15-7-5-14(6-8-15)23-16(25)12-3-2-4-13(11-12)18(19,20)21/h2-11H,1H3,(H,23,25). The first-order valence-corrected chi connectivity index (χ1v) is 8.38. The van der Waals surface area contributed by atoms with Crippen molar-refractivity contribution < 1.29 is 18.0 Å². The number of nitrogens with zero attached hydrogens (tertiary/aromatic N) is 2. The van der Waals surface area contributed by atoms with E-state index in [1.165, 1.54) is 23.9 Å². The summed E-state index contributed by atoms with van der Waals surface area (Å²) in [5.74, 6) is -0.597. The van der Waals surface area contributed by atoms with E-state index < -0.39 is 17.6 Å². The molecule has 134 valence electrons. The molecule has 0 unspecified atom stereocenters. The molecule has 0 aliphatic heterocycles. The highest BCUT2D eigenvalue weighted by molar-refractivity contribution is 7.99. The molecule has 0 atom stereocenters. The minimum atomic E-state index is -4.49. The highest BCUT2D eigenvalue weighted by atomic mass is 32.2. The third-order valence-electron chi connectivity index (χ3n) is 3.55. The van der Waals surface area contributed by atoms with Gasteiger partial charge < -0.3 is 9.88 Å². The van der Waals surface area contributed by atoms with Gasteiger partial charge in [-0.25, -0.2) is 4.98 Å². The Kier molecular flexibility index (Phi) is 5.03. The number of anilines is 1. The number of aromatic nitrogens is 2. The van der Waals surface area contributed by atoms with E-state index in [4.69, 9.17) is 0 Å². The molecule has 1 amide bonds. The van der Waals surface area contributed by atoms with Gasteiger partial charge in [0.05, 0.1) is 5.56 Å². The van der Waals surface area contributed by atoms with Gasteiger partial charge in [0, 0.05) is 35.6 Å². The van der Waals surface area contributed by atoms with Crippen LogP contribution < -0.4 is 5.32 Å². The molecule has 3 rings (SSSR count). The Morgan fingerprint density at radius 1 is 1.15 bits per heavy atom. The number of hydrogen-bond acceptors (Lipinski definition) is 3. The molecule has 4 nitrogen and oxygen atoms in total. The van der Waals surface area contributed by atoms with Crippen molar-refractivity contribution in [2.24, 2.45) is 7.05 Å². The smallest absolute Gasteiger partial charge is 0.329 e. The maximum Gasteiger partial charge on any atom is 0.416 e. The average molecular weight is 377 g/mol. The average Bonchev–Trinajstić information content (AvgIpc) is 3.01. The Morgan fingerprint density at radius 2 is 1.88 bits per heavy atom. The number of carbonyl (C=O) groups is 1. The molecule has 8 heteroatoms. The molecule has 1 aromatic heterocycles. The first-order chi connectivity index (χ1) is 12.3. The molecule has 0 fully saturated rings. The van der Waals surface area contributed by atoms with Crippen LogP contribution in [-0.4, -0.2) is 15.5 Å². The number of amides is 1. The lowest BCUT2D eigenvalue weighted by atomic mass is 10.1. The number of imidazole rings is 1. The van der Waals surface area contributed by atoms with E-state index in [9.17, 15) is 18.0 Å². The van der Waals surface area contributed by atoms with Crippen molar-refractivity contribution >= 4 is 23.4 Å². The van der Waals surface area contributed by atoms with E-state index in [1.807, 2.05) is 17.8 Å². The second-order valence-corrected chi connectivity index (χ2v) is 6.52. The molecular weight excluding hydrogens is 363 g/mol. The summed E-state index contributed by atoms with van der Waals surface area (Å²) in [7, 11) is 1.89. The molecule has 0 saturated carbocycles. The summed E-state index contributed by atoms with van der Waals surface area (Å²) in [5, 5.41) is 3.42. The number of hydrogen-bond donors (Lipinski definition) is 1. The lowest BCUT2D eigenvalue weighted by Gasteiger charge is -2.10. The van der Waals surface area contributed by atoms with E-state index in [-0.39, 0.29) is 5.56 Å². The van der Waals surface area contributed by atoms with Crippen LogP contribution in [0.25, 0.3) is 0 Å². The van der Waals surface area contributed by atoms with Gasteiger partial charge in [0.15, 0.2) is 5.16 Å². The number of carbonyl (C=O) groups excluding carboxylic acids is 1. The molecule has 26 heavy (non-hydrogen) atoms. The van der Waals surface area contributed by atoms with E-state index in [0.717, 1.165) is 22.2 Å². The van der Waals surface area contributed by atoms with Crippen LogP contribution >= 0.6 is 11.8 Å². The zero-order valence-electron chi connectivity index (χ0n) is 13.6. The number of aryl methyl sites for hydroxylation is 1. The Bertz CT molecular complexity index is 920. The van der Waals surface area contributed by atoms with Gasteiger partial charge in [0.2, 0.25) is 0 Å². The highest BCUT2D eigenvalue weighted by Crippen LogP contribution is 2.30. The third kappa shape index (κ3) is 4.26. The molecule has 0 aliphatic rings. The lowest BCUT2D eigenvalue weighted by molar-refractivity contribution is -0.137. The van der Waals surface area contributed by atoms with Crippen molar-refractivity contribution in [1.82, 2.24) is 9.55 Å². The molecule has 3 aromatic rings. The molecule has 2 aromatic carbocycles. The van der Waals surface area contributed by atoms with Gasteiger partial charge >= 0.3 is 6.18 Å². The molecule has 0 saturated heterocycles. The Hall–Kier alpha value is -2.74. The Labute approximate surface area is 152 Å². The predicted molar refractivity (Wildman–Crippen MR) is 93.2 cm³/mol. The summed E-state index contributed by atoms with van der Waals surface area (Å²) >= 11 is 1.46. The van der Waals surface area contributed by atoms with Crippen LogP contribution in [0.2, 0.25) is 0 Å². The SMILES string of the molecule is Cn1ccnc1Sc1ccc(NC(=O)c2cccc(C(F)(F)F)c2)cc1. The first kappa shape index (κ1) is 18.1. The zero-order valence-corrected chi connectivity index (χ0v) is 14.4. The third-order valence-corrected chi connectivity index (χ3v) is 4.63. The fraction of sp³-hybridized carbons (Fsp3) is 0.111. The second kappa shape index (κ2) is 7.25. The number of halogens is 3. The number of benzene rings is 2. The summed E-state index contributed by atoms with van der Waals surface area (Å²) in [6.45, 7) is 0. The van der Waals surface area contributed by atoms with Crippen molar-refractivity contribution in [3.05, 3.63) is 72.1 Å². The largest absolute Gasteiger partial charge is 0.416 e. The van der Waals surface area contributed by atoms with Gasteiger partial charge in [0.25, 0.3) is 5.91 Å². The van der Waals surface area contributed by atoms with E-state index in [2.05, 4.69) is 10.3 Å². The summed E-state index contributed by atoms with van der Waals surface area (Å²) in [6, 6.07) is 11.3. The van der Waals surface area contributed by atoms with Crippen LogP contribution in [0.15, 0.2) is 71.0 Å². The predicted octanol–water partition coefficient (Wildman–Crippen LogP) is 4.84. The van der Waals surface area contributed by atoms with Crippen molar-refractivity contribution in [2.45, 2.75) is 16.2 Å². The monoisotopic (exact) mass is 377 g/mol. The Morgan fingerprint density at radius 3 is 2.50 bits per heavy atom. The van der Waals surface area contributed by atoms with E-state index >= 15 is 0 Å². The fourth-order valence-electron chi connectivity index (χ4n) is 2.20. The molecule has 0 bridgehead atoms. The second-order valence-electron chi connectivity index (χ2n) is 5.48. The van der Waals surface area contributed by atoms with E-state index in [1.54, 1.807) is 30.5 Å². The van der Waals surface area contributed by atoms with Gasteiger partial charge in [-0.2, -0.15) is 13.2 Å². The van der Waals surface area contributed by atoms with Crippen LogP contribution in [0.1, 0.15) is 15.9 Å². The zero-order chi connectivity index (χ0) is 18.7. The topological polar surface area (TPSA) is 46.9 Å². The van der Waals surface area contributed by atoms with Crippen LogP contribution in [0.5, 0.6) is 0 Å². The van der Waals surface area contributed by atoms with Crippen molar-refractivity contribution in [3.8, 4) is 0 Å². The molecule has 0 radical (unpaired) electrons. The minimum Gasteiger partial charge on any atom is -0.329 e. The molecular formula is C18H14F3N3OS. The van der Waals surface area contributed by atoms with Gasteiger partial charge in [0.1, 0.15) is 0 Å². The quantitative estimate of drug-likeness (QED) is 0.708. The molecule has 1 heterocycles.